The van der Waals surface area contributed by atoms with Gasteiger partial charge in [0.15, 0.2) is 0 Å². The zero-order valence-electron chi connectivity index (χ0n) is 15.5. The maximum Gasteiger partial charge on any atom is 0.340 e. The lowest BCUT2D eigenvalue weighted by Crippen LogP contribution is -2.10. The van der Waals surface area contributed by atoms with Crippen LogP contribution in [0.1, 0.15) is 50.4 Å². The average Bonchev–Trinajstić information content (AvgIpc) is 3.13. The molecule has 1 aliphatic rings. The Hall–Kier alpha value is -3.08. The third-order valence-electron chi connectivity index (χ3n) is 5.25. The number of benzene rings is 1. The normalized spacial score (nSPS) is 13.3. The Labute approximate surface area is 157 Å². The molecule has 0 radical (unpaired) electrons. The quantitative estimate of drug-likeness (QED) is 0.522. The maximum atomic E-state index is 13.1. The Morgan fingerprint density at radius 2 is 1.74 bits per heavy atom. The number of ether oxygens (including phenoxy) is 2. The fourth-order valence-electron chi connectivity index (χ4n) is 3.87. The van der Waals surface area contributed by atoms with E-state index in [2.05, 4.69) is 6.07 Å². The summed E-state index contributed by atoms with van der Waals surface area (Å²) in [5.41, 5.74) is 4.66. The summed E-state index contributed by atoms with van der Waals surface area (Å²) in [5.74, 6) is 0.134. The second kappa shape index (κ2) is 6.91. The van der Waals surface area contributed by atoms with Gasteiger partial charge in [-0.3, -0.25) is 4.79 Å². The highest BCUT2D eigenvalue weighted by Crippen LogP contribution is 2.31. The van der Waals surface area contributed by atoms with Crippen LogP contribution >= 0.6 is 0 Å². The number of fused-ring (bicyclic) bond motifs is 3. The van der Waals surface area contributed by atoms with E-state index in [1.807, 2.05) is 10.6 Å². The lowest BCUT2D eigenvalue weighted by atomic mass is 9.91. The topological polar surface area (TPSA) is 57.0 Å². The molecule has 138 valence electrons. The first-order valence-electron chi connectivity index (χ1n) is 9.07. The molecule has 0 saturated carbocycles. The van der Waals surface area contributed by atoms with Crippen molar-refractivity contribution in [2.24, 2.45) is 0 Å². The van der Waals surface area contributed by atoms with Crippen LogP contribution < -0.4 is 4.74 Å². The number of hydrogen-bond donors (Lipinski definition) is 0. The van der Waals surface area contributed by atoms with E-state index in [0.717, 1.165) is 36.8 Å². The average molecular weight is 363 g/mol. The number of pyridine rings is 1. The fraction of sp³-hybridized carbons (Fsp3) is 0.273. The third-order valence-corrected chi connectivity index (χ3v) is 5.25. The molecule has 5 nitrogen and oxygen atoms in total. The number of ketones is 1. The van der Waals surface area contributed by atoms with E-state index in [4.69, 9.17) is 9.47 Å². The minimum Gasteiger partial charge on any atom is -0.497 e. The second-order valence-electron chi connectivity index (χ2n) is 6.74. The number of nitrogens with zero attached hydrogens (tertiary/aromatic N) is 1. The van der Waals surface area contributed by atoms with Crippen LogP contribution in [0.25, 0.3) is 5.52 Å². The zero-order chi connectivity index (χ0) is 19.0. The first kappa shape index (κ1) is 17.3. The summed E-state index contributed by atoms with van der Waals surface area (Å²) < 4.78 is 12.0. The van der Waals surface area contributed by atoms with Crippen LogP contribution in [0.2, 0.25) is 0 Å². The van der Waals surface area contributed by atoms with E-state index in [0.29, 0.717) is 22.6 Å². The van der Waals surface area contributed by atoms with Gasteiger partial charge in [0, 0.05) is 11.8 Å². The summed E-state index contributed by atoms with van der Waals surface area (Å²) in [5, 5.41) is 0. The van der Waals surface area contributed by atoms with E-state index in [9.17, 15) is 9.59 Å². The van der Waals surface area contributed by atoms with Crippen LogP contribution in [0.5, 0.6) is 5.75 Å². The highest BCUT2D eigenvalue weighted by Gasteiger charge is 2.25. The molecule has 0 bridgehead atoms. The Balaban J connectivity index is 1.90. The van der Waals surface area contributed by atoms with Gasteiger partial charge < -0.3 is 13.9 Å². The molecule has 0 N–H and O–H groups in total. The van der Waals surface area contributed by atoms with Crippen molar-refractivity contribution >= 4 is 17.3 Å². The number of rotatable bonds is 4. The summed E-state index contributed by atoms with van der Waals surface area (Å²) in [6, 6.07) is 10.7. The van der Waals surface area contributed by atoms with Gasteiger partial charge in [-0.25, -0.2) is 4.79 Å². The van der Waals surface area contributed by atoms with Crippen molar-refractivity contribution in [2.45, 2.75) is 25.7 Å². The number of carbonyl (C=O) groups is 2. The van der Waals surface area contributed by atoms with Gasteiger partial charge >= 0.3 is 5.97 Å². The molecule has 2 heterocycles. The molecule has 0 atom stereocenters. The molecule has 1 aliphatic carbocycles. The van der Waals surface area contributed by atoms with Crippen molar-refractivity contribution in [1.82, 2.24) is 4.40 Å². The van der Waals surface area contributed by atoms with Gasteiger partial charge in [-0.1, -0.05) is 0 Å². The molecule has 5 heteroatoms. The van der Waals surface area contributed by atoms with Gasteiger partial charge in [-0.05, 0) is 73.2 Å². The van der Waals surface area contributed by atoms with E-state index >= 15 is 0 Å². The van der Waals surface area contributed by atoms with Crippen molar-refractivity contribution in [3.8, 4) is 5.75 Å². The van der Waals surface area contributed by atoms with Gasteiger partial charge in [-0.15, -0.1) is 0 Å². The second-order valence-corrected chi connectivity index (χ2v) is 6.74. The molecule has 0 saturated heterocycles. The van der Waals surface area contributed by atoms with Gasteiger partial charge in [0.1, 0.15) is 5.75 Å². The molecule has 0 amide bonds. The first-order valence-corrected chi connectivity index (χ1v) is 9.07. The molecular weight excluding hydrogens is 342 g/mol. The minimum absolute atomic E-state index is 0.140. The Morgan fingerprint density at radius 1 is 1.00 bits per heavy atom. The largest absolute Gasteiger partial charge is 0.497 e. The SMILES string of the molecule is COC(=O)c1cc(C(=O)c2ccc(OC)cc2)n2ccc3c(c12)CCCC3. The van der Waals surface area contributed by atoms with Gasteiger partial charge in [0.2, 0.25) is 5.78 Å². The van der Waals surface area contributed by atoms with Gasteiger partial charge in [0.25, 0.3) is 0 Å². The van der Waals surface area contributed by atoms with E-state index < -0.39 is 5.97 Å². The molecule has 0 fully saturated rings. The molecule has 4 rings (SSSR count). The van der Waals surface area contributed by atoms with Crippen molar-refractivity contribution in [3.05, 3.63) is 70.5 Å². The molecule has 0 unspecified atom stereocenters. The number of esters is 1. The molecule has 27 heavy (non-hydrogen) atoms. The van der Waals surface area contributed by atoms with Crippen LogP contribution in [0.4, 0.5) is 0 Å². The Bertz CT molecular complexity index is 1030. The summed E-state index contributed by atoms with van der Waals surface area (Å²) in [4.78, 5) is 25.5. The number of hydrogen-bond acceptors (Lipinski definition) is 4. The number of aryl methyl sites for hydroxylation is 2. The van der Waals surface area contributed by atoms with Gasteiger partial charge in [-0.2, -0.15) is 0 Å². The Morgan fingerprint density at radius 3 is 2.44 bits per heavy atom. The lowest BCUT2D eigenvalue weighted by Gasteiger charge is -2.18. The predicted molar refractivity (Wildman–Crippen MR) is 102 cm³/mol. The lowest BCUT2D eigenvalue weighted by molar-refractivity contribution is 0.0603. The number of carbonyl (C=O) groups excluding carboxylic acids is 2. The molecular formula is C22H21NO4. The monoisotopic (exact) mass is 363 g/mol. The van der Waals surface area contributed by atoms with Crippen LogP contribution in [0.3, 0.4) is 0 Å². The summed E-state index contributed by atoms with van der Waals surface area (Å²) in [7, 11) is 2.95. The van der Waals surface area contributed by atoms with Crippen LogP contribution in [0, 0.1) is 0 Å². The smallest absolute Gasteiger partial charge is 0.340 e. The summed E-state index contributed by atoms with van der Waals surface area (Å²) in [6.45, 7) is 0. The summed E-state index contributed by atoms with van der Waals surface area (Å²) >= 11 is 0. The molecule has 2 aromatic heterocycles. The molecule has 3 aromatic rings. The zero-order valence-corrected chi connectivity index (χ0v) is 15.5. The molecule has 0 aliphatic heterocycles. The van der Waals surface area contributed by atoms with Crippen molar-refractivity contribution < 1.29 is 19.1 Å². The third kappa shape index (κ3) is 2.89. The van der Waals surface area contributed by atoms with E-state index in [1.54, 1.807) is 37.4 Å². The predicted octanol–water partition coefficient (Wildman–Crippen LogP) is 3.84. The Kier molecular flexibility index (Phi) is 4.44. The first-order chi connectivity index (χ1) is 13.1. The number of methoxy groups -OCH3 is 2. The molecule has 0 spiro atoms. The maximum absolute atomic E-state index is 13.1. The highest BCUT2D eigenvalue weighted by atomic mass is 16.5. The van der Waals surface area contributed by atoms with Crippen LogP contribution in [-0.2, 0) is 17.6 Å². The van der Waals surface area contributed by atoms with E-state index in [1.165, 1.54) is 12.7 Å². The summed E-state index contributed by atoms with van der Waals surface area (Å²) in [6.07, 6.45) is 6.03. The van der Waals surface area contributed by atoms with E-state index in [-0.39, 0.29) is 5.78 Å². The van der Waals surface area contributed by atoms with Crippen LogP contribution in [-0.4, -0.2) is 30.4 Å². The van der Waals surface area contributed by atoms with Crippen molar-refractivity contribution in [2.75, 3.05) is 14.2 Å². The number of aromatic nitrogens is 1. The highest BCUT2D eigenvalue weighted by molar-refractivity contribution is 6.11. The van der Waals surface area contributed by atoms with Crippen LogP contribution in [0.15, 0.2) is 42.6 Å². The van der Waals surface area contributed by atoms with Crippen molar-refractivity contribution in [1.29, 1.82) is 0 Å². The van der Waals surface area contributed by atoms with Gasteiger partial charge in [0.05, 0.1) is 31.0 Å². The molecule has 1 aromatic carbocycles. The minimum atomic E-state index is -0.416. The van der Waals surface area contributed by atoms with Crippen molar-refractivity contribution in [3.63, 3.8) is 0 Å². The fourth-order valence-corrected chi connectivity index (χ4v) is 3.87. The standard InChI is InChI=1S/C22H21NO4/c1-26-16-9-7-15(8-10-16)21(24)19-13-18(22(25)27-2)20-17-6-4-3-5-14(17)11-12-23(19)20/h7-13H,3-6H2,1-2H3.